The molecule has 0 saturated heterocycles. The normalized spacial score (nSPS) is 12.5. The molecule has 0 spiro atoms. The van der Waals surface area contributed by atoms with Gasteiger partial charge in [0, 0.05) is 29.2 Å². The standard InChI is InChI=1S/C24H24F3N3O4S.H2S/c1-4-20(31)30(21(32)5-2)17-8-10-18(11-9-17)35-14-23(3,34)22(33)29-16-7-6-15(13-28)19(12-16)24(25,26)27;/h6-12,34H,4-5,14H2,1-3H3,(H,29,33);1H2/t23-;/m1./s1. The zero-order valence-electron chi connectivity index (χ0n) is 19.8. The van der Waals surface area contributed by atoms with Crippen LogP contribution in [-0.4, -0.2) is 34.2 Å². The maximum atomic E-state index is 13.1. The number of thioether (sulfide) groups is 1. The van der Waals surface area contributed by atoms with Crippen molar-refractivity contribution in [3.8, 4) is 6.07 Å². The maximum Gasteiger partial charge on any atom is 0.417 e. The van der Waals surface area contributed by atoms with Gasteiger partial charge in [-0.3, -0.25) is 19.3 Å². The Bertz CT molecular complexity index is 1130. The number of hydrogen-bond acceptors (Lipinski definition) is 6. The third-order valence-corrected chi connectivity index (χ3v) is 6.22. The van der Waals surface area contributed by atoms with E-state index in [9.17, 15) is 32.7 Å². The van der Waals surface area contributed by atoms with Gasteiger partial charge in [0.1, 0.15) is 5.60 Å². The second kappa shape index (κ2) is 12.8. The van der Waals surface area contributed by atoms with E-state index in [1.165, 1.54) is 13.0 Å². The molecular weight excluding hydrogens is 515 g/mol. The number of nitrogens with one attached hydrogen (secondary N) is 1. The Morgan fingerprint density at radius 1 is 1.06 bits per heavy atom. The SMILES string of the molecule is CCC(=O)N(C(=O)CC)c1ccc(SC[C@@](C)(O)C(=O)Nc2ccc(C#N)c(C(F)(F)F)c2)cc1.S. The average Bonchev–Trinajstić information content (AvgIpc) is 2.82. The summed E-state index contributed by atoms with van der Waals surface area (Å²) in [6.45, 7) is 4.52. The van der Waals surface area contributed by atoms with Gasteiger partial charge >= 0.3 is 6.18 Å². The van der Waals surface area contributed by atoms with Crippen LogP contribution in [0, 0.1) is 11.3 Å². The summed E-state index contributed by atoms with van der Waals surface area (Å²) < 4.78 is 39.4. The van der Waals surface area contributed by atoms with Gasteiger partial charge in [-0.15, -0.1) is 11.8 Å². The Balaban J connectivity index is 0.00000648. The van der Waals surface area contributed by atoms with Gasteiger partial charge in [-0.2, -0.15) is 31.9 Å². The van der Waals surface area contributed by atoms with Crippen molar-refractivity contribution in [2.24, 2.45) is 0 Å². The second-order valence-electron chi connectivity index (χ2n) is 7.71. The van der Waals surface area contributed by atoms with Crippen molar-refractivity contribution in [1.29, 1.82) is 5.26 Å². The minimum atomic E-state index is -4.78. The summed E-state index contributed by atoms with van der Waals surface area (Å²) in [4.78, 5) is 38.5. The highest BCUT2D eigenvalue weighted by Crippen LogP contribution is 2.34. The highest BCUT2D eigenvalue weighted by Gasteiger charge is 2.35. The van der Waals surface area contributed by atoms with Crippen molar-refractivity contribution >= 4 is 54.4 Å². The Hall–Kier alpha value is -3.01. The van der Waals surface area contributed by atoms with Gasteiger partial charge in [-0.05, 0) is 49.4 Å². The summed E-state index contributed by atoms with van der Waals surface area (Å²) in [5, 5.41) is 21.7. The molecule has 0 aliphatic rings. The van der Waals surface area contributed by atoms with Crippen LogP contribution in [0.3, 0.4) is 0 Å². The van der Waals surface area contributed by atoms with Crippen LogP contribution >= 0.6 is 25.3 Å². The van der Waals surface area contributed by atoms with Crippen molar-refractivity contribution in [1.82, 2.24) is 0 Å². The van der Waals surface area contributed by atoms with E-state index in [4.69, 9.17) is 5.26 Å². The monoisotopic (exact) mass is 541 g/mol. The first-order chi connectivity index (χ1) is 16.3. The molecule has 2 rings (SSSR count). The lowest BCUT2D eigenvalue weighted by molar-refractivity contribution is -0.138. The van der Waals surface area contributed by atoms with E-state index in [2.05, 4.69) is 5.32 Å². The Kier molecular flexibility index (Phi) is 11.0. The van der Waals surface area contributed by atoms with Gasteiger partial charge in [-0.1, -0.05) is 13.8 Å². The van der Waals surface area contributed by atoms with Gasteiger partial charge < -0.3 is 10.4 Å². The van der Waals surface area contributed by atoms with Gasteiger partial charge in [0.2, 0.25) is 11.8 Å². The lowest BCUT2D eigenvalue weighted by Crippen LogP contribution is -2.42. The largest absolute Gasteiger partial charge is 0.417 e. The number of carbonyl (C=O) groups excluding carboxylic acids is 3. The smallest absolute Gasteiger partial charge is 0.379 e. The maximum absolute atomic E-state index is 13.1. The van der Waals surface area contributed by atoms with E-state index < -0.39 is 28.8 Å². The number of amides is 3. The number of halogens is 3. The van der Waals surface area contributed by atoms with Crippen LogP contribution in [0.2, 0.25) is 0 Å². The van der Waals surface area contributed by atoms with Gasteiger partial charge in [0.15, 0.2) is 0 Å². The van der Waals surface area contributed by atoms with Crippen molar-refractivity contribution in [3.05, 3.63) is 53.6 Å². The average molecular weight is 542 g/mol. The lowest BCUT2D eigenvalue weighted by Gasteiger charge is -2.23. The third kappa shape index (κ3) is 7.74. The number of hydrogen-bond donors (Lipinski definition) is 2. The molecule has 2 aromatic rings. The van der Waals surface area contributed by atoms with Crippen molar-refractivity contribution in [2.45, 2.75) is 50.3 Å². The highest BCUT2D eigenvalue weighted by atomic mass is 32.2. The summed E-state index contributed by atoms with van der Waals surface area (Å²) in [7, 11) is 0. The number of anilines is 2. The molecule has 0 aromatic heterocycles. The zero-order valence-corrected chi connectivity index (χ0v) is 21.6. The molecular formula is C24H26F3N3O4S2. The zero-order chi connectivity index (χ0) is 26.4. The molecule has 194 valence electrons. The summed E-state index contributed by atoms with van der Waals surface area (Å²) in [5.74, 6) is -1.74. The minimum Gasteiger partial charge on any atom is -0.379 e. The molecule has 2 aromatic carbocycles. The molecule has 0 aliphatic heterocycles. The first-order valence-corrected chi connectivity index (χ1v) is 11.6. The summed E-state index contributed by atoms with van der Waals surface area (Å²) in [6, 6.07) is 10.6. The molecule has 12 heteroatoms. The number of rotatable bonds is 8. The molecule has 0 bridgehead atoms. The number of benzene rings is 2. The van der Waals surface area contributed by atoms with Crippen LogP contribution in [0.5, 0.6) is 0 Å². The Labute approximate surface area is 218 Å². The molecule has 0 fully saturated rings. The molecule has 0 saturated carbocycles. The highest BCUT2D eigenvalue weighted by molar-refractivity contribution is 7.99. The predicted octanol–water partition coefficient (Wildman–Crippen LogP) is 4.85. The fourth-order valence-electron chi connectivity index (χ4n) is 2.94. The summed E-state index contributed by atoms with van der Waals surface area (Å²) >= 11 is 1.11. The Morgan fingerprint density at radius 3 is 2.08 bits per heavy atom. The first-order valence-electron chi connectivity index (χ1n) is 10.6. The lowest BCUT2D eigenvalue weighted by atomic mass is 10.1. The van der Waals surface area contributed by atoms with Crippen LogP contribution in [-0.2, 0) is 20.6 Å². The third-order valence-electron chi connectivity index (χ3n) is 4.91. The first kappa shape index (κ1) is 31.0. The molecule has 1 atom stereocenters. The molecule has 0 aliphatic carbocycles. The fourth-order valence-corrected chi connectivity index (χ4v) is 3.85. The van der Waals surface area contributed by atoms with E-state index in [1.54, 1.807) is 38.1 Å². The van der Waals surface area contributed by atoms with Crippen molar-refractivity contribution in [3.63, 3.8) is 0 Å². The van der Waals surface area contributed by atoms with Crippen LogP contribution in [0.1, 0.15) is 44.7 Å². The summed E-state index contributed by atoms with van der Waals surface area (Å²) in [6.07, 6.45) is -4.47. The van der Waals surface area contributed by atoms with E-state index in [1.807, 2.05) is 0 Å². The number of imide groups is 1. The topological polar surface area (TPSA) is 110 Å². The van der Waals surface area contributed by atoms with E-state index in [0.29, 0.717) is 16.6 Å². The van der Waals surface area contributed by atoms with Gasteiger partial charge in [-0.25, -0.2) is 0 Å². The molecule has 0 radical (unpaired) electrons. The number of carbonyl (C=O) groups is 3. The molecule has 3 amide bonds. The minimum absolute atomic E-state index is 0. The number of nitrogens with zero attached hydrogens (tertiary/aromatic N) is 2. The van der Waals surface area contributed by atoms with Crippen LogP contribution < -0.4 is 10.2 Å². The molecule has 0 unspecified atom stereocenters. The van der Waals surface area contributed by atoms with Crippen molar-refractivity contribution < 1.29 is 32.7 Å². The van der Waals surface area contributed by atoms with Crippen molar-refractivity contribution in [2.75, 3.05) is 16.0 Å². The van der Waals surface area contributed by atoms with Gasteiger partial charge in [0.25, 0.3) is 5.91 Å². The van der Waals surface area contributed by atoms with Crippen LogP contribution in [0.4, 0.5) is 24.5 Å². The quantitative estimate of drug-likeness (QED) is 0.463. The van der Waals surface area contributed by atoms with E-state index in [-0.39, 0.29) is 49.6 Å². The fraction of sp³-hybridized carbons (Fsp3) is 0.333. The second-order valence-corrected chi connectivity index (χ2v) is 8.76. The van der Waals surface area contributed by atoms with Crippen LogP contribution in [0.15, 0.2) is 47.4 Å². The number of nitriles is 1. The number of alkyl halides is 3. The van der Waals surface area contributed by atoms with E-state index >= 15 is 0 Å². The predicted molar refractivity (Wildman–Crippen MR) is 136 cm³/mol. The summed E-state index contributed by atoms with van der Waals surface area (Å²) in [5.41, 5.74) is -3.53. The van der Waals surface area contributed by atoms with Crippen LogP contribution in [0.25, 0.3) is 0 Å². The molecule has 2 N–H and O–H groups in total. The number of aliphatic hydroxyl groups is 1. The van der Waals surface area contributed by atoms with Gasteiger partial charge in [0.05, 0.1) is 22.9 Å². The molecule has 7 nitrogen and oxygen atoms in total. The molecule has 0 heterocycles. The molecule has 36 heavy (non-hydrogen) atoms. The Morgan fingerprint density at radius 2 is 1.61 bits per heavy atom. The van der Waals surface area contributed by atoms with E-state index in [0.717, 1.165) is 28.8 Å².